The van der Waals surface area contributed by atoms with Gasteiger partial charge < -0.3 is 20.5 Å². The maximum Gasteiger partial charge on any atom is 0.407 e. The average Bonchev–Trinajstić information content (AvgIpc) is 3.63. The maximum absolute atomic E-state index is 12.8. The molecular formula is C28H32N2O5. The average molecular weight is 477 g/mol. The second-order valence-electron chi connectivity index (χ2n) is 9.35. The van der Waals surface area contributed by atoms with Crippen LogP contribution in [0.3, 0.4) is 0 Å². The SMILES string of the molecule is C=CCCC(NC(=O)C(CNC(=O)OCC1c2ccccc2-c2ccccc21)CC1CC1)C(=O)O. The highest BCUT2D eigenvalue weighted by atomic mass is 16.5. The lowest BCUT2D eigenvalue weighted by Crippen LogP contribution is -2.46. The quantitative estimate of drug-likeness (QED) is 0.392. The summed E-state index contributed by atoms with van der Waals surface area (Å²) in [5.41, 5.74) is 4.57. The van der Waals surface area contributed by atoms with E-state index in [9.17, 15) is 19.5 Å². The number of carbonyl (C=O) groups excluding carboxylic acids is 2. The molecule has 184 valence electrons. The predicted octanol–water partition coefficient (Wildman–Crippen LogP) is 4.48. The number of benzene rings is 2. The second kappa shape index (κ2) is 11.2. The third-order valence-electron chi connectivity index (χ3n) is 6.80. The summed E-state index contributed by atoms with van der Waals surface area (Å²) in [5.74, 6) is -1.54. The van der Waals surface area contributed by atoms with Crippen LogP contribution in [0.2, 0.25) is 0 Å². The van der Waals surface area contributed by atoms with Crippen molar-refractivity contribution in [3.8, 4) is 11.1 Å². The van der Waals surface area contributed by atoms with Crippen molar-refractivity contribution in [3.05, 3.63) is 72.3 Å². The molecule has 35 heavy (non-hydrogen) atoms. The first-order valence-corrected chi connectivity index (χ1v) is 12.2. The molecule has 2 unspecified atom stereocenters. The molecule has 2 aliphatic carbocycles. The number of amides is 2. The van der Waals surface area contributed by atoms with Crippen molar-refractivity contribution in [3.63, 3.8) is 0 Å². The van der Waals surface area contributed by atoms with Crippen LogP contribution < -0.4 is 10.6 Å². The standard InChI is InChI=1S/C28H32N2O5/c1-2-3-12-25(27(32)33)30-26(31)19(15-18-13-14-18)16-29-28(34)35-17-24-22-10-6-4-8-20(22)21-9-5-7-11-23(21)24/h2,4-11,18-19,24-25H,1,3,12-17H2,(H,29,34)(H,30,31)(H,32,33). The number of aliphatic carboxylic acids is 1. The van der Waals surface area contributed by atoms with E-state index in [-0.39, 0.29) is 31.4 Å². The minimum atomic E-state index is -1.07. The van der Waals surface area contributed by atoms with Gasteiger partial charge in [-0.1, -0.05) is 67.4 Å². The van der Waals surface area contributed by atoms with E-state index in [1.807, 2.05) is 24.3 Å². The topological polar surface area (TPSA) is 105 Å². The summed E-state index contributed by atoms with van der Waals surface area (Å²) in [6.07, 6.45) is 4.53. The van der Waals surface area contributed by atoms with Crippen LogP contribution in [0.15, 0.2) is 61.2 Å². The number of ether oxygens (including phenoxy) is 1. The number of carbonyl (C=O) groups is 3. The highest BCUT2D eigenvalue weighted by Crippen LogP contribution is 2.44. The lowest BCUT2D eigenvalue weighted by molar-refractivity contribution is -0.142. The number of rotatable bonds is 12. The highest BCUT2D eigenvalue weighted by Gasteiger charge is 2.32. The molecule has 2 atom stereocenters. The summed E-state index contributed by atoms with van der Waals surface area (Å²) in [7, 11) is 0. The Morgan fingerprint density at radius 3 is 2.26 bits per heavy atom. The van der Waals surface area contributed by atoms with Crippen LogP contribution in [0, 0.1) is 11.8 Å². The van der Waals surface area contributed by atoms with Crippen molar-refractivity contribution >= 4 is 18.0 Å². The molecule has 2 aliphatic rings. The van der Waals surface area contributed by atoms with Gasteiger partial charge in [-0.15, -0.1) is 6.58 Å². The maximum atomic E-state index is 12.8. The van der Waals surface area contributed by atoms with Crippen LogP contribution in [0.5, 0.6) is 0 Å². The summed E-state index contributed by atoms with van der Waals surface area (Å²) in [4.78, 5) is 36.9. The number of allylic oxidation sites excluding steroid dienone is 1. The molecule has 0 heterocycles. The zero-order valence-corrected chi connectivity index (χ0v) is 19.7. The van der Waals surface area contributed by atoms with Gasteiger partial charge in [-0.25, -0.2) is 9.59 Å². The summed E-state index contributed by atoms with van der Waals surface area (Å²) >= 11 is 0. The Labute approximate surface area is 205 Å². The zero-order valence-electron chi connectivity index (χ0n) is 19.7. The number of carboxylic acid groups (broad SMARTS) is 1. The van der Waals surface area contributed by atoms with Gasteiger partial charge in [0.2, 0.25) is 5.91 Å². The van der Waals surface area contributed by atoms with Crippen LogP contribution >= 0.6 is 0 Å². The Bertz CT molecular complexity index is 1050. The highest BCUT2D eigenvalue weighted by molar-refractivity contribution is 5.85. The van der Waals surface area contributed by atoms with Gasteiger partial charge in [-0.05, 0) is 47.4 Å². The van der Waals surface area contributed by atoms with Crippen molar-refractivity contribution in [2.45, 2.75) is 44.1 Å². The molecule has 2 aromatic rings. The first kappa shape index (κ1) is 24.5. The summed E-state index contributed by atoms with van der Waals surface area (Å²) in [6.45, 7) is 3.91. The first-order chi connectivity index (χ1) is 17.0. The minimum Gasteiger partial charge on any atom is -0.480 e. The lowest BCUT2D eigenvalue weighted by Gasteiger charge is -2.21. The molecule has 2 aromatic carbocycles. The third-order valence-corrected chi connectivity index (χ3v) is 6.80. The third kappa shape index (κ3) is 6.10. The number of hydrogen-bond acceptors (Lipinski definition) is 4. The van der Waals surface area contributed by atoms with Gasteiger partial charge in [0.15, 0.2) is 0 Å². The number of carboxylic acids is 1. The Kier molecular flexibility index (Phi) is 7.85. The van der Waals surface area contributed by atoms with Gasteiger partial charge >= 0.3 is 12.1 Å². The minimum absolute atomic E-state index is 0.0418. The van der Waals surface area contributed by atoms with Crippen molar-refractivity contribution in [2.75, 3.05) is 13.2 Å². The van der Waals surface area contributed by atoms with Crippen LogP contribution in [0.1, 0.15) is 49.1 Å². The Hall–Kier alpha value is -3.61. The van der Waals surface area contributed by atoms with Gasteiger partial charge in [-0.2, -0.15) is 0 Å². The molecule has 7 heteroatoms. The van der Waals surface area contributed by atoms with Gasteiger partial charge in [0.05, 0.1) is 5.92 Å². The van der Waals surface area contributed by atoms with E-state index in [1.54, 1.807) is 6.08 Å². The summed E-state index contributed by atoms with van der Waals surface area (Å²) in [5, 5.41) is 14.8. The van der Waals surface area contributed by atoms with Gasteiger partial charge in [0.1, 0.15) is 12.6 Å². The van der Waals surface area contributed by atoms with E-state index in [2.05, 4.69) is 41.5 Å². The van der Waals surface area contributed by atoms with Gasteiger partial charge in [0.25, 0.3) is 0 Å². The Morgan fingerprint density at radius 2 is 1.69 bits per heavy atom. The normalized spacial score (nSPS) is 15.9. The van der Waals surface area contributed by atoms with Gasteiger partial charge in [0, 0.05) is 12.5 Å². The first-order valence-electron chi connectivity index (χ1n) is 12.2. The molecule has 0 spiro atoms. The smallest absolute Gasteiger partial charge is 0.407 e. The molecule has 0 aliphatic heterocycles. The second-order valence-corrected chi connectivity index (χ2v) is 9.35. The van der Waals surface area contributed by atoms with E-state index in [1.165, 1.54) is 0 Å². The zero-order chi connectivity index (χ0) is 24.8. The molecule has 0 radical (unpaired) electrons. The van der Waals surface area contributed by atoms with E-state index < -0.39 is 24.0 Å². The molecule has 0 aromatic heterocycles. The number of fused-ring (bicyclic) bond motifs is 3. The largest absolute Gasteiger partial charge is 0.480 e. The van der Waals surface area contributed by atoms with Crippen molar-refractivity contribution in [2.24, 2.45) is 11.8 Å². The fourth-order valence-electron chi connectivity index (χ4n) is 4.73. The predicted molar refractivity (Wildman–Crippen MR) is 133 cm³/mol. The molecule has 3 N–H and O–H groups in total. The number of nitrogens with one attached hydrogen (secondary N) is 2. The van der Waals surface area contributed by atoms with E-state index in [0.29, 0.717) is 18.8 Å². The fraction of sp³-hybridized carbons (Fsp3) is 0.393. The van der Waals surface area contributed by atoms with Crippen LogP contribution in [-0.2, 0) is 14.3 Å². The van der Waals surface area contributed by atoms with Crippen LogP contribution in [-0.4, -0.2) is 42.3 Å². The van der Waals surface area contributed by atoms with Crippen LogP contribution in [0.25, 0.3) is 11.1 Å². The summed E-state index contributed by atoms with van der Waals surface area (Å²) < 4.78 is 5.58. The van der Waals surface area contributed by atoms with Crippen molar-refractivity contribution < 1.29 is 24.2 Å². The van der Waals surface area contributed by atoms with Gasteiger partial charge in [-0.3, -0.25) is 4.79 Å². The molecule has 7 nitrogen and oxygen atoms in total. The molecule has 0 bridgehead atoms. The lowest BCUT2D eigenvalue weighted by atomic mass is 9.98. The number of hydrogen-bond donors (Lipinski definition) is 3. The molecule has 2 amide bonds. The van der Waals surface area contributed by atoms with Crippen molar-refractivity contribution in [1.29, 1.82) is 0 Å². The molecule has 1 fully saturated rings. The van der Waals surface area contributed by atoms with E-state index >= 15 is 0 Å². The molecular weight excluding hydrogens is 444 g/mol. The number of alkyl carbamates (subject to hydrolysis) is 1. The van der Waals surface area contributed by atoms with Crippen molar-refractivity contribution in [1.82, 2.24) is 10.6 Å². The Morgan fingerprint density at radius 1 is 1.06 bits per heavy atom. The van der Waals surface area contributed by atoms with Crippen LogP contribution in [0.4, 0.5) is 4.79 Å². The molecule has 4 rings (SSSR count). The fourth-order valence-corrected chi connectivity index (χ4v) is 4.73. The molecule has 1 saturated carbocycles. The molecule has 0 saturated heterocycles. The Balaban J connectivity index is 1.33. The van der Waals surface area contributed by atoms with E-state index in [0.717, 1.165) is 35.1 Å². The van der Waals surface area contributed by atoms with E-state index in [4.69, 9.17) is 4.74 Å². The monoisotopic (exact) mass is 476 g/mol. The summed E-state index contributed by atoms with van der Waals surface area (Å²) in [6, 6.07) is 15.3.